The highest BCUT2D eigenvalue weighted by atomic mass is 35.5. The van der Waals surface area contributed by atoms with Crippen LogP contribution in [0.1, 0.15) is 18.9 Å². The molecule has 94 valence electrons. The number of hydrogen-bond acceptors (Lipinski definition) is 3. The van der Waals surface area contributed by atoms with Gasteiger partial charge in [-0.25, -0.2) is 0 Å². The van der Waals surface area contributed by atoms with Gasteiger partial charge >= 0.3 is 0 Å². The molecule has 1 aromatic carbocycles. The second-order valence-electron chi connectivity index (χ2n) is 5.07. The van der Waals surface area contributed by atoms with Gasteiger partial charge in [0.25, 0.3) is 0 Å². The molecule has 0 spiro atoms. The topological polar surface area (TPSA) is 49.5 Å². The zero-order valence-corrected chi connectivity index (χ0v) is 10.8. The number of nitrogens with zero attached hydrogens (tertiary/aromatic N) is 1. The van der Waals surface area contributed by atoms with Crippen molar-refractivity contribution in [3.05, 3.63) is 28.8 Å². The summed E-state index contributed by atoms with van der Waals surface area (Å²) in [5.41, 5.74) is 6.88. The number of nitrogens with two attached hydrogens (primary N) is 1. The number of phenols is 1. The van der Waals surface area contributed by atoms with Gasteiger partial charge in [0.15, 0.2) is 0 Å². The second kappa shape index (κ2) is 5.25. The van der Waals surface area contributed by atoms with Crippen molar-refractivity contribution in [1.29, 1.82) is 0 Å². The first kappa shape index (κ1) is 12.7. The molecule has 2 unspecified atom stereocenters. The van der Waals surface area contributed by atoms with E-state index in [-0.39, 0.29) is 6.04 Å². The lowest BCUT2D eigenvalue weighted by molar-refractivity contribution is 0.157. The number of phenolic OH excluding ortho intramolecular Hbond substituents is 1. The fraction of sp³-hybridized carbons (Fsp3) is 0.538. The molecule has 1 heterocycles. The van der Waals surface area contributed by atoms with E-state index in [1.54, 1.807) is 12.1 Å². The smallest absolute Gasteiger partial charge is 0.120 e. The minimum absolute atomic E-state index is 0.236. The molecule has 0 aromatic heterocycles. The molecule has 3 N–H and O–H groups in total. The Kier molecular flexibility index (Phi) is 3.92. The number of rotatable bonds is 2. The maximum Gasteiger partial charge on any atom is 0.120 e. The van der Waals surface area contributed by atoms with E-state index in [0.717, 1.165) is 25.1 Å². The summed E-state index contributed by atoms with van der Waals surface area (Å²) >= 11 is 5.94. The number of likely N-dealkylation sites (tertiary alicyclic amines) is 1. The van der Waals surface area contributed by atoms with Gasteiger partial charge in [-0.2, -0.15) is 0 Å². The second-order valence-corrected chi connectivity index (χ2v) is 5.50. The van der Waals surface area contributed by atoms with E-state index in [4.69, 9.17) is 17.3 Å². The molecule has 0 amide bonds. The standard InChI is InChI=1S/C13H19ClN2O/c1-9-4-12(15)8-16(6-9)7-10-5-11(14)2-3-13(10)17/h2-3,5,9,12,17H,4,6-8,15H2,1H3. The van der Waals surface area contributed by atoms with Gasteiger partial charge in [0.05, 0.1) is 0 Å². The molecule has 1 fully saturated rings. The van der Waals surface area contributed by atoms with E-state index in [0.29, 0.717) is 23.2 Å². The van der Waals surface area contributed by atoms with Crippen molar-refractivity contribution < 1.29 is 5.11 Å². The summed E-state index contributed by atoms with van der Waals surface area (Å²) in [5, 5.41) is 10.4. The number of benzene rings is 1. The summed E-state index contributed by atoms with van der Waals surface area (Å²) in [4.78, 5) is 2.28. The number of hydrogen-bond donors (Lipinski definition) is 2. The molecule has 1 aliphatic rings. The first-order chi connectivity index (χ1) is 8.04. The van der Waals surface area contributed by atoms with Crippen LogP contribution in [0.3, 0.4) is 0 Å². The van der Waals surface area contributed by atoms with Crippen molar-refractivity contribution in [2.75, 3.05) is 13.1 Å². The molecule has 1 saturated heterocycles. The molecule has 2 rings (SSSR count). The Morgan fingerprint density at radius 2 is 2.24 bits per heavy atom. The van der Waals surface area contributed by atoms with Gasteiger partial charge in [0.2, 0.25) is 0 Å². The van der Waals surface area contributed by atoms with E-state index in [2.05, 4.69) is 11.8 Å². The minimum Gasteiger partial charge on any atom is -0.508 e. The lowest BCUT2D eigenvalue weighted by Gasteiger charge is -2.34. The van der Waals surface area contributed by atoms with E-state index in [9.17, 15) is 5.11 Å². The normalized spacial score (nSPS) is 26.1. The molecule has 0 saturated carbocycles. The van der Waals surface area contributed by atoms with E-state index >= 15 is 0 Å². The third kappa shape index (κ3) is 3.35. The first-order valence-electron chi connectivity index (χ1n) is 6.00. The van der Waals surface area contributed by atoms with Crippen LogP contribution < -0.4 is 5.73 Å². The monoisotopic (exact) mass is 254 g/mol. The highest BCUT2D eigenvalue weighted by Crippen LogP contribution is 2.25. The summed E-state index contributed by atoms with van der Waals surface area (Å²) < 4.78 is 0. The predicted molar refractivity (Wildman–Crippen MR) is 70.2 cm³/mol. The Morgan fingerprint density at radius 1 is 1.47 bits per heavy atom. The van der Waals surface area contributed by atoms with E-state index in [1.165, 1.54) is 0 Å². The summed E-state index contributed by atoms with van der Waals surface area (Å²) in [7, 11) is 0. The quantitative estimate of drug-likeness (QED) is 0.851. The van der Waals surface area contributed by atoms with Crippen LogP contribution >= 0.6 is 11.6 Å². The molecule has 0 aliphatic carbocycles. The van der Waals surface area contributed by atoms with Crippen molar-refractivity contribution in [2.24, 2.45) is 11.7 Å². The Bertz CT molecular complexity index is 387. The van der Waals surface area contributed by atoms with Gasteiger partial charge in [-0.15, -0.1) is 0 Å². The largest absolute Gasteiger partial charge is 0.508 e. The zero-order valence-electron chi connectivity index (χ0n) is 10.1. The van der Waals surface area contributed by atoms with Gasteiger partial charge in [-0.3, -0.25) is 4.90 Å². The van der Waals surface area contributed by atoms with Crippen LogP contribution in [0, 0.1) is 5.92 Å². The summed E-state index contributed by atoms with van der Waals surface area (Å²) in [6, 6.07) is 5.40. The Morgan fingerprint density at radius 3 is 2.94 bits per heavy atom. The van der Waals surface area contributed by atoms with Crippen LogP contribution in [0.15, 0.2) is 18.2 Å². The average molecular weight is 255 g/mol. The van der Waals surface area contributed by atoms with E-state index in [1.807, 2.05) is 6.07 Å². The van der Waals surface area contributed by atoms with Crippen molar-refractivity contribution in [2.45, 2.75) is 25.9 Å². The molecule has 1 aliphatic heterocycles. The minimum atomic E-state index is 0.236. The Labute approximate surface area is 107 Å². The Balaban J connectivity index is 2.07. The van der Waals surface area contributed by atoms with Gasteiger partial charge in [0, 0.05) is 36.3 Å². The summed E-state index contributed by atoms with van der Waals surface area (Å²) in [6.07, 6.45) is 1.08. The molecular formula is C13H19ClN2O. The summed E-state index contributed by atoms with van der Waals surface area (Å²) in [5.74, 6) is 0.918. The fourth-order valence-corrected chi connectivity index (χ4v) is 2.76. The molecule has 2 atom stereocenters. The maximum absolute atomic E-state index is 9.78. The number of halogens is 1. The van der Waals surface area contributed by atoms with Crippen LogP contribution in [-0.4, -0.2) is 29.1 Å². The molecule has 0 bridgehead atoms. The third-order valence-corrected chi connectivity index (χ3v) is 3.44. The SMILES string of the molecule is CC1CC(N)CN(Cc2cc(Cl)ccc2O)C1. The zero-order chi connectivity index (χ0) is 12.4. The van der Waals surface area contributed by atoms with E-state index < -0.39 is 0 Å². The number of piperidine rings is 1. The summed E-state index contributed by atoms with van der Waals surface area (Å²) in [6.45, 7) is 4.84. The van der Waals surface area contributed by atoms with Gasteiger partial charge in [-0.05, 0) is 30.5 Å². The molecule has 17 heavy (non-hydrogen) atoms. The molecule has 3 nitrogen and oxygen atoms in total. The lowest BCUT2D eigenvalue weighted by Crippen LogP contribution is -2.45. The molecule has 0 radical (unpaired) electrons. The maximum atomic E-state index is 9.78. The lowest BCUT2D eigenvalue weighted by atomic mass is 9.96. The van der Waals surface area contributed by atoms with Crippen LogP contribution in [0.4, 0.5) is 0 Å². The average Bonchev–Trinajstić information content (AvgIpc) is 2.22. The highest BCUT2D eigenvalue weighted by molar-refractivity contribution is 6.30. The van der Waals surface area contributed by atoms with Gasteiger partial charge in [-0.1, -0.05) is 18.5 Å². The van der Waals surface area contributed by atoms with Crippen LogP contribution in [0.2, 0.25) is 5.02 Å². The van der Waals surface area contributed by atoms with Crippen LogP contribution in [-0.2, 0) is 6.54 Å². The molecule has 4 heteroatoms. The fourth-order valence-electron chi connectivity index (χ4n) is 2.56. The van der Waals surface area contributed by atoms with Crippen molar-refractivity contribution in [1.82, 2.24) is 4.90 Å². The number of aromatic hydroxyl groups is 1. The first-order valence-corrected chi connectivity index (χ1v) is 6.37. The Hall–Kier alpha value is -0.770. The molecule has 1 aromatic rings. The van der Waals surface area contributed by atoms with Crippen molar-refractivity contribution in [3.8, 4) is 5.75 Å². The van der Waals surface area contributed by atoms with Gasteiger partial charge in [0.1, 0.15) is 5.75 Å². The third-order valence-electron chi connectivity index (χ3n) is 3.20. The highest BCUT2D eigenvalue weighted by Gasteiger charge is 2.22. The van der Waals surface area contributed by atoms with Crippen LogP contribution in [0.5, 0.6) is 5.75 Å². The molecular weight excluding hydrogens is 236 g/mol. The van der Waals surface area contributed by atoms with Crippen molar-refractivity contribution >= 4 is 11.6 Å². The van der Waals surface area contributed by atoms with Crippen LogP contribution in [0.25, 0.3) is 0 Å². The van der Waals surface area contributed by atoms with Gasteiger partial charge < -0.3 is 10.8 Å². The van der Waals surface area contributed by atoms with Crippen molar-refractivity contribution in [3.63, 3.8) is 0 Å². The predicted octanol–water partition coefficient (Wildman–Crippen LogP) is 2.21.